The Balaban J connectivity index is 1.64. The van der Waals surface area contributed by atoms with Gasteiger partial charge in [0.05, 0.1) is 24.1 Å². The minimum Gasteiger partial charge on any atom is -0.354 e. The normalized spacial score (nSPS) is 15.9. The van der Waals surface area contributed by atoms with E-state index in [1.807, 2.05) is 48.5 Å². The van der Waals surface area contributed by atoms with E-state index in [1.165, 1.54) is 0 Å². The third kappa shape index (κ3) is 2.67. The molecular formula is C17H16N6O. The van der Waals surface area contributed by atoms with Crippen molar-refractivity contribution in [3.63, 3.8) is 0 Å². The molecule has 2 amide bonds. The van der Waals surface area contributed by atoms with Gasteiger partial charge in [-0.05, 0) is 30.3 Å². The molecule has 0 aromatic heterocycles. The lowest BCUT2D eigenvalue weighted by molar-refractivity contribution is 0.249. The molecular weight excluding hydrogens is 304 g/mol. The molecule has 2 heterocycles. The summed E-state index contributed by atoms with van der Waals surface area (Å²) in [6.45, 7) is 1.64. The summed E-state index contributed by atoms with van der Waals surface area (Å²) in [6.07, 6.45) is 1.65. The van der Waals surface area contributed by atoms with E-state index < -0.39 is 0 Å². The molecule has 120 valence electrons. The molecule has 2 aliphatic rings. The summed E-state index contributed by atoms with van der Waals surface area (Å²) in [4.78, 5) is 18.3. The van der Waals surface area contributed by atoms with Gasteiger partial charge in [0.25, 0.3) is 0 Å². The fraction of sp³-hybridized carbons (Fsp3) is 0.118. The Hall–Kier alpha value is -3.35. The quantitative estimate of drug-likeness (QED) is 0.794. The second-order valence-corrected chi connectivity index (χ2v) is 5.40. The molecule has 3 N–H and O–H groups in total. The molecule has 0 unspecified atom stereocenters. The Labute approximate surface area is 139 Å². The van der Waals surface area contributed by atoms with Crippen molar-refractivity contribution in [2.75, 3.05) is 23.3 Å². The zero-order valence-corrected chi connectivity index (χ0v) is 12.9. The molecule has 0 fully saturated rings. The number of amides is 2. The zero-order valence-electron chi connectivity index (χ0n) is 12.9. The standard InChI is InChI=1S/C17H16N6O/c24-17-22-20-11-12-3-1-2-4-15(12)23(17)14-7-5-13(6-8-14)21-16-18-9-10-19-16/h1-8,11H,9-10H2,(H,22,24)(H2,18,19,21). The molecule has 0 bridgehead atoms. The van der Waals surface area contributed by atoms with E-state index >= 15 is 0 Å². The van der Waals surface area contributed by atoms with E-state index in [2.05, 4.69) is 26.2 Å². The predicted molar refractivity (Wildman–Crippen MR) is 95.1 cm³/mol. The second kappa shape index (κ2) is 6.04. The number of guanidine groups is 1. The molecule has 24 heavy (non-hydrogen) atoms. The summed E-state index contributed by atoms with van der Waals surface area (Å²) in [5, 5.41) is 10.3. The van der Waals surface area contributed by atoms with Crippen LogP contribution in [0, 0.1) is 0 Å². The SMILES string of the molecule is O=C1NN=Cc2ccccc2N1c1ccc(NC2=NCCN2)cc1. The maximum atomic E-state index is 12.4. The Morgan fingerprint density at radius 3 is 2.71 bits per heavy atom. The highest BCUT2D eigenvalue weighted by Gasteiger charge is 2.22. The number of aliphatic imine (C=N–C) groups is 1. The van der Waals surface area contributed by atoms with Crippen molar-refractivity contribution in [3.8, 4) is 0 Å². The Kier molecular flexibility index (Phi) is 3.59. The van der Waals surface area contributed by atoms with Crippen LogP contribution in [0.15, 0.2) is 58.6 Å². The van der Waals surface area contributed by atoms with Crippen molar-refractivity contribution in [2.24, 2.45) is 10.1 Å². The number of benzene rings is 2. The van der Waals surface area contributed by atoms with Gasteiger partial charge in [-0.1, -0.05) is 18.2 Å². The fourth-order valence-electron chi connectivity index (χ4n) is 2.69. The van der Waals surface area contributed by atoms with Gasteiger partial charge in [0, 0.05) is 17.8 Å². The van der Waals surface area contributed by atoms with Crippen LogP contribution in [-0.4, -0.2) is 31.3 Å². The summed E-state index contributed by atoms with van der Waals surface area (Å²) in [5.74, 6) is 0.772. The average Bonchev–Trinajstić information content (AvgIpc) is 3.05. The lowest BCUT2D eigenvalue weighted by atomic mass is 10.1. The highest BCUT2D eigenvalue weighted by molar-refractivity contribution is 6.06. The number of nitrogens with zero attached hydrogens (tertiary/aromatic N) is 3. The van der Waals surface area contributed by atoms with Crippen molar-refractivity contribution in [2.45, 2.75) is 0 Å². The summed E-state index contributed by atoms with van der Waals surface area (Å²) in [7, 11) is 0. The van der Waals surface area contributed by atoms with Crippen molar-refractivity contribution in [1.82, 2.24) is 10.7 Å². The average molecular weight is 320 g/mol. The lowest BCUT2D eigenvalue weighted by Gasteiger charge is -2.22. The Bertz CT molecular complexity index is 827. The number of carbonyl (C=O) groups excluding carboxylic acids is 1. The first-order valence-corrected chi connectivity index (χ1v) is 7.69. The molecule has 0 atom stereocenters. The number of para-hydroxylation sites is 1. The van der Waals surface area contributed by atoms with Gasteiger partial charge in [-0.3, -0.25) is 9.89 Å². The molecule has 0 spiro atoms. The molecule has 2 aromatic rings. The smallest absolute Gasteiger partial charge is 0.346 e. The molecule has 0 radical (unpaired) electrons. The first-order valence-electron chi connectivity index (χ1n) is 7.69. The highest BCUT2D eigenvalue weighted by atomic mass is 16.2. The second-order valence-electron chi connectivity index (χ2n) is 5.40. The van der Waals surface area contributed by atoms with Crippen molar-refractivity contribution in [3.05, 3.63) is 54.1 Å². The van der Waals surface area contributed by atoms with Crippen LogP contribution in [0.1, 0.15) is 5.56 Å². The Morgan fingerprint density at radius 1 is 1.08 bits per heavy atom. The summed E-state index contributed by atoms with van der Waals surface area (Å²) in [6, 6.07) is 15.0. The fourth-order valence-corrected chi connectivity index (χ4v) is 2.69. The third-order valence-corrected chi connectivity index (χ3v) is 3.81. The van der Waals surface area contributed by atoms with Crippen molar-refractivity contribution >= 4 is 35.3 Å². The number of hydrazone groups is 1. The molecule has 0 aliphatic carbocycles. The van der Waals surface area contributed by atoms with Gasteiger partial charge in [-0.2, -0.15) is 5.10 Å². The monoisotopic (exact) mass is 320 g/mol. The third-order valence-electron chi connectivity index (χ3n) is 3.81. The van der Waals surface area contributed by atoms with E-state index in [-0.39, 0.29) is 6.03 Å². The molecule has 7 heteroatoms. The minimum absolute atomic E-state index is 0.293. The largest absolute Gasteiger partial charge is 0.354 e. The van der Waals surface area contributed by atoms with Gasteiger partial charge in [0.15, 0.2) is 5.96 Å². The molecule has 2 aromatic carbocycles. The van der Waals surface area contributed by atoms with E-state index in [0.717, 1.165) is 41.7 Å². The van der Waals surface area contributed by atoms with E-state index in [1.54, 1.807) is 11.1 Å². The van der Waals surface area contributed by atoms with Crippen LogP contribution in [0.3, 0.4) is 0 Å². The van der Waals surface area contributed by atoms with Crippen LogP contribution < -0.4 is 21.0 Å². The number of urea groups is 1. The van der Waals surface area contributed by atoms with Gasteiger partial charge >= 0.3 is 6.03 Å². The van der Waals surface area contributed by atoms with Gasteiger partial charge < -0.3 is 10.6 Å². The molecule has 7 nitrogen and oxygen atoms in total. The van der Waals surface area contributed by atoms with Crippen LogP contribution in [0.2, 0.25) is 0 Å². The van der Waals surface area contributed by atoms with Gasteiger partial charge in [0.1, 0.15) is 0 Å². The number of rotatable bonds is 2. The maximum absolute atomic E-state index is 12.4. The molecule has 0 saturated carbocycles. The number of hydrogen-bond acceptors (Lipinski definition) is 5. The van der Waals surface area contributed by atoms with Crippen LogP contribution in [0.25, 0.3) is 0 Å². The lowest BCUT2D eigenvalue weighted by Crippen LogP contribution is -2.33. The Morgan fingerprint density at radius 2 is 1.92 bits per heavy atom. The number of carbonyl (C=O) groups is 1. The first kappa shape index (κ1) is 14.3. The van der Waals surface area contributed by atoms with Crippen LogP contribution in [-0.2, 0) is 0 Å². The van der Waals surface area contributed by atoms with Gasteiger partial charge in [0.2, 0.25) is 0 Å². The maximum Gasteiger partial charge on any atom is 0.346 e. The summed E-state index contributed by atoms with van der Waals surface area (Å²) >= 11 is 0. The zero-order chi connectivity index (χ0) is 16.4. The molecule has 4 rings (SSSR count). The number of anilines is 3. The van der Waals surface area contributed by atoms with E-state index in [0.29, 0.717) is 0 Å². The van der Waals surface area contributed by atoms with Crippen LogP contribution in [0.5, 0.6) is 0 Å². The number of hydrogen-bond donors (Lipinski definition) is 3. The first-order chi connectivity index (χ1) is 11.8. The van der Waals surface area contributed by atoms with Crippen molar-refractivity contribution < 1.29 is 4.79 Å². The number of nitrogens with one attached hydrogen (secondary N) is 3. The van der Waals surface area contributed by atoms with E-state index in [9.17, 15) is 4.79 Å². The predicted octanol–water partition coefficient (Wildman–Crippen LogP) is 2.25. The van der Waals surface area contributed by atoms with Crippen molar-refractivity contribution in [1.29, 1.82) is 0 Å². The highest BCUT2D eigenvalue weighted by Crippen LogP contribution is 2.30. The van der Waals surface area contributed by atoms with E-state index in [4.69, 9.17) is 0 Å². The van der Waals surface area contributed by atoms with Crippen LogP contribution in [0.4, 0.5) is 21.9 Å². The number of fused-ring (bicyclic) bond motifs is 1. The molecule has 0 saturated heterocycles. The minimum atomic E-state index is -0.293. The summed E-state index contributed by atoms with van der Waals surface area (Å²) in [5.41, 5.74) is 5.86. The van der Waals surface area contributed by atoms with Crippen LogP contribution >= 0.6 is 0 Å². The summed E-state index contributed by atoms with van der Waals surface area (Å²) < 4.78 is 0. The topological polar surface area (TPSA) is 81.1 Å². The molecule has 2 aliphatic heterocycles. The van der Waals surface area contributed by atoms with Gasteiger partial charge in [-0.25, -0.2) is 10.2 Å². The van der Waals surface area contributed by atoms with Gasteiger partial charge in [-0.15, -0.1) is 0 Å².